The number of carbonyl (C=O) groups is 1. The molecule has 0 rings (SSSR count). The van der Waals surface area contributed by atoms with Crippen molar-refractivity contribution in [2.45, 2.75) is 13.8 Å². The molecule has 0 bridgehead atoms. The Morgan fingerprint density at radius 2 is 1.73 bits per heavy atom. The van der Waals surface area contributed by atoms with Crippen molar-refractivity contribution in [1.82, 2.24) is 0 Å². The van der Waals surface area contributed by atoms with Gasteiger partial charge in [0.25, 0.3) is 0 Å². The van der Waals surface area contributed by atoms with Gasteiger partial charge >= 0.3 is 6.16 Å². The quantitative estimate of drug-likeness (QED) is 0.613. The fourth-order valence-corrected chi connectivity index (χ4v) is 0.277. The van der Waals surface area contributed by atoms with Crippen LogP contribution < -0.4 is 0 Å². The Kier molecular flexibility index (Phi) is 14.1. The van der Waals surface area contributed by atoms with Gasteiger partial charge in [-0.25, -0.2) is 4.79 Å². The van der Waals surface area contributed by atoms with E-state index in [1.807, 2.05) is 0 Å². The van der Waals surface area contributed by atoms with E-state index in [0.29, 0.717) is 13.2 Å². The van der Waals surface area contributed by atoms with Crippen molar-refractivity contribution < 1.29 is 14.3 Å². The van der Waals surface area contributed by atoms with Crippen LogP contribution in [0.2, 0.25) is 0 Å². The van der Waals surface area contributed by atoms with Gasteiger partial charge in [-0.15, -0.1) is 0 Å². The molecule has 66 valence electrons. The molecule has 11 heavy (non-hydrogen) atoms. The van der Waals surface area contributed by atoms with Crippen LogP contribution in [0.15, 0.2) is 12.1 Å². The SMILES string of the molecule is C=CCl.CCOC(=O)OCC. The first-order valence-corrected chi connectivity index (χ1v) is 3.67. The van der Waals surface area contributed by atoms with Gasteiger partial charge in [-0.3, -0.25) is 0 Å². The van der Waals surface area contributed by atoms with Crippen molar-refractivity contribution in [2.75, 3.05) is 13.2 Å². The zero-order valence-corrected chi connectivity index (χ0v) is 7.56. The highest BCUT2D eigenvalue weighted by Crippen LogP contribution is 1.81. The summed E-state index contributed by atoms with van der Waals surface area (Å²) in [7, 11) is 0. The summed E-state index contributed by atoms with van der Waals surface area (Å²) in [5.74, 6) is 0. The minimum absolute atomic E-state index is 0.374. The predicted molar refractivity (Wildman–Crippen MR) is 44.7 cm³/mol. The normalized spacial score (nSPS) is 7.18. The lowest BCUT2D eigenvalue weighted by Gasteiger charge is -1.98. The summed E-state index contributed by atoms with van der Waals surface area (Å²) < 4.78 is 8.84. The van der Waals surface area contributed by atoms with E-state index >= 15 is 0 Å². The van der Waals surface area contributed by atoms with E-state index in [1.54, 1.807) is 13.8 Å². The van der Waals surface area contributed by atoms with Gasteiger partial charge in [0.05, 0.1) is 13.2 Å². The second-order valence-corrected chi connectivity index (χ2v) is 1.58. The average Bonchev–Trinajstić information content (AvgIpc) is 1.90. The van der Waals surface area contributed by atoms with Crippen molar-refractivity contribution in [3.63, 3.8) is 0 Å². The van der Waals surface area contributed by atoms with Crippen molar-refractivity contribution in [2.24, 2.45) is 0 Å². The van der Waals surface area contributed by atoms with Crippen LogP contribution in [0, 0.1) is 0 Å². The van der Waals surface area contributed by atoms with Gasteiger partial charge in [0.2, 0.25) is 0 Å². The molecule has 0 aromatic rings. The zero-order chi connectivity index (χ0) is 9.11. The predicted octanol–water partition coefficient (Wildman–Crippen LogP) is 2.55. The summed E-state index contributed by atoms with van der Waals surface area (Å²) in [4.78, 5) is 10.2. The number of ether oxygens (including phenoxy) is 2. The molecule has 4 heteroatoms. The summed E-state index contributed by atoms with van der Waals surface area (Å²) in [6.07, 6.45) is -0.588. The Morgan fingerprint density at radius 1 is 1.45 bits per heavy atom. The standard InChI is InChI=1S/C5H10O3.C2H3Cl/c1-3-7-5(6)8-4-2;1-2-3/h3-4H2,1-2H3;2H,1H2. The van der Waals surface area contributed by atoms with Crippen molar-refractivity contribution >= 4 is 17.8 Å². The molecule has 0 radical (unpaired) electrons. The maximum atomic E-state index is 10.2. The summed E-state index contributed by atoms with van der Waals surface area (Å²) in [5, 5.41) is 0. The van der Waals surface area contributed by atoms with Crippen LogP contribution in [0.3, 0.4) is 0 Å². The maximum absolute atomic E-state index is 10.2. The lowest BCUT2D eigenvalue weighted by Crippen LogP contribution is -2.05. The average molecular weight is 181 g/mol. The minimum Gasteiger partial charge on any atom is -0.435 e. The fraction of sp³-hybridized carbons (Fsp3) is 0.571. The van der Waals surface area contributed by atoms with Crippen molar-refractivity contribution in [3.8, 4) is 0 Å². The van der Waals surface area contributed by atoms with Crippen LogP contribution >= 0.6 is 11.6 Å². The Bertz CT molecular complexity index is 95.9. The van der Waals surface area contributed by atoms with Gasteiger partial charge in [-0.05, 0) is 19.4 Å². The zero-order valence-electron chi connectivity index (χ0n) is 6.80. The third-order valence-electron chi connectivity index (χ3n) is 0.524. The Morgan fingerprint density at radius 3 is 1.91 bits per heavy atom. The van der Waals surface area contributed by atoms with Crippen LogP contribution in [0.1, 0.15) is 13.8 Å². The minimum atomic E-state index is -0.588. The van der Waals surface area contributed by atoms with Gasteiger partial charge in [0.15, 0.2) is 0 Å². The van der Waals surface area contributed by atoms with Crippen LogP contribution in [0.25, 0.3) is 0 Å². The molecule has 0 aromatic carbocycles. The molecule has 0 aliphatic heterocycles. The molecule has 0 N–H and O–H groups in total. The van der Waals surface area contributed by atoms with Gasteiger partial charge in [0, 0.05) is 0 Å². The molecule has 0 saturated heterocycles. The first-order valence-electron chi connectivity index (χ1n) is 3.23. The lowest BCUT2D eigenvalue weighted by molar-refractivity contribution is 0.0630. The van der Waals surface area contributed by atoms with Gasteiger partial charge < -0.3 is 9.47 Å². The second kappa shape index (κ2) is 12.0. The van der Waals surface area contributed by atoms with E-state index in [1.165, 1.54) is 5.54 Å². The molecule has 0 aliphatic rings. The lowest BCUT2D eigenvalue weighted by atomic mass is 10.8. The van der Waals surface area contributed by atoms with Crippen LogP contribution in [0.5, 0.6) is 0 Å². The summed E-state index contributed by atoms with van der Waals surface area (Å²) in [6.45, 7) is 7.34. The largest absolute Gasteiger partial charge is 0.508 e. The molecule has 0 aromatic heterocycles. The van der Waals surface area contributed by atoms with E-state index in [0.717, 1.165) is 0 Å². The first kappa shape index (κ1) is 12.9. The molecule has 0 saturated carbocycles. The Labute approximate surface area is 71.9 Å². The third-order valence-corrected chi connectivity index (χ3v) is 0.524. The second-order valence-electron chi connectivity index (χ2n) is 1.27. The van der Waals surface area contributed by atoms with Gasteiger partial charge in [0.1, 0.15) is 0 Å². The Balaban J connectivity index is 0. The van der Waals surface area contributed by atoms with Gasteiger partial charge in [-0.1, -0.05) is 18.2 Å². The summed E-state index contributed by atoms with van der Waals surface area (Å²) in [6, 6.07) is 0. The topological polar surface area (TPSA) is 35.5 Å². The van der Waals surface area contributed by atoms with Gasteiger partial charge in [-0.2, -0.15) is 0 Å². The van der Waals surface area contributed by atoms with E-state index in [4.69, 9.17) is 11.6 Å². The molecule has 3 nitrogen and oxygen atoms in total. The molecule has 0 aliphatic carbocycles. The van der Waals surface area contributed by atoms with Crippen LogP contribution in [0.4, 0.5) is 4.79 Å². The van der Waals surface area contributed by atoms with Crippen LogP contribution in [-0.4, -0.2) is 19.4 Å². The fourth-order valence-electron chi connectivity index (χ4n) is 0.277. The van der Waals surface area contributed by atoms with E-state index in [-0.39, 0.29) is 0 Å². The van der Waals surface area contributed by atoms with Crippen molar-refractivity contribution in [1.29, 1.82) is 0 Å². The Hall–Kier alpha value is -0.700. The molecule has 0 atom stereocenters. The molecule has 0 spiro atoms. The molecule has 0 amide bonds. The van der Waals surface area contributed by atoms with E-state index in [9.17, 15) is 4.79 Å². The van der Waals surface area contributed by atoms with Crippen molar-refractivity contribution in [3.05, 3.63) is 12.1 Å². The smallest absolute Gasteiger partial charge is 0.435 e. The third kappa shape index (κ3) is 17.6. The monoisotopic (exact) mass is 180 g/mol. The maximum Gasteiger partial charge on any atom is 0.508 e. The number of carbonyl (C=O) groups excluding carboxylic acids is 1. The highest BCUT2D eigenvalue weighted by atomic mass is 35.5. The first-order chi connectivity index (χ1) is 5.22. The molecular weight excluding hydrogens is 168 g/mol. The molecule has 0 fully saturated rings. The summed E-state index contributed by atoms with van der Waals surface area (Å²) in [5.41, 5.74) is 1.22. The number of hydrogen-bond acceptors (Lipinski definition) is 3. The van der Waals surface area contributed by atoms with Crippen LogP contribution in [-0.2, 0) is 9.47 Å². The molecular formula is C7H13ClO3. The molecule has 0 unspecified atom stereocenters. The number of hydrogen-bond donors (Lipinski definition) is 0. The highest BCUT2D eigenvalue weighted by Gasteiger charge is 1.96. The van der Waals surface area contributed by atoms with E-state index in [2.05, 4.69) is 16.1 Å². The highest BCUT2D eigenvalue weighted by molar-refractivity contribution is 6.25. The van der Waals surface area contributed by atoms with E-state index < -0.39 is 6.16 Å². The summed E-state index contributed by atoms with van der Waals surface area (Å²) >= 11 is 4.76. The number of halogens is 1. The molecule has 0 heterocycles. The number of rotatable bonds is 2.